The molecule has 0 amide bonds. The second-order valence-electron chi connectivity index (χ2n) is 2.99. The molecule has 1 unspecified atom stereocenters. The maximum atomic E-state index is 6.10. The highest BCUT2D eigenvalue weighted by atomic mass is 35.5. The van der Waals surface area contributed by atoms with Gasteiger partial charge in [0, 0.05) is 4.88 Å². The van der Waals surface area contributed by atoms with Crippen LogP contribution in [0.3, 0.4) is 0 Å². The summed E-state index contributed by atoms with van der Waals surface area (Å²) in [4.78, 5) is 5.22. The normalized spacial score (nSPS) is 12.9. The third-order valence-corrected chi connectivity index (χ3v) is 3.45. The van der Waals surface area contributed by atoms with Crippen LogP contribution in [0.2, 0.25) is 5.02 Å². The van der Waals surface area contributed by atoms with Crippen molar-refractivity contribution in [2.45, 2.75) is 13.0 Å². The van der Waals surface area contributed by atoms with E-state index in [4.69, 9.17) is 11.6 Å². The Labute approximate surface area is 96.7 Å². The Morgan fingerprint density at radius 2 is 2.53 bits per heavy atom. The van der Waals surface area contributed by atoms with Crippen molar-refractivity contribution in [1.29, 1.82) is 0 Å². The topological polar surface area (TPSA) is 53.6 Å². The summed E-state index contributed by atoms with van der Waals surface area (Å²) >= 11 is 7.71. The molecular weight excluding hydrogens is 232 g/mol. The predicted octanol–water partition coefficient (Wildman–Crippen LogP) is 2.22. The van der Waals surface area contributed by atoms with Gasteiger partial charge < -0.3 is 5.32 Å². The zero-order chi connectivity index (χ0) is 10.7. The lowest BCUT2D eigenvalue weighted by atomic mass is 10.2. The summed E-state index contributed by atoms with van der Waals surface area (Å²) in [5.41, 5.74) is 0. The van der Waals surface area contributed by atoms with Gasteiger partial charge in [-0.3, -0.25) is 5.10 Å². The predicted molar refractivity (Wildman–Crippen MR) is 61.2 cm³/mol. The summed E-state index contributed by atoms with van der Waals surface area (Å²) < 4.78 is 0. The smallest absolute Gasteiger partial charge is 0.146 e. The molecule has 0 spiro atoms. The lowest BCUT2D eigenvalue weighted by molar-refractivity contribution is 0.608. The number of halogens is 1. The Balaban J connectivity index is 2.32. The first-order valence-corrected chi connectivity index (χ1v) is 5.90. The van der Waals surface area contributed by atoms with Crippen LogP contribution >= 0.6 is 22.9 Å². The highest BCUT2D eigenvalue weighted by Gasteiger charge is 2.19. The van der Waals surface area contributed by atoms with Gasteiger partial charge in [0.15, 0.2) is 0 Å². The van der Waals surface area contributed by atoms with Crippen LogP contribution in [0.1, 0.15) is 23.7 Å². The van der Waals surface area contributed by atoms with Crippen molar-refractivity contribution in [2.75, 3.05) is 6.54 Å². The molecule has 0 saturated carbocycles. The number of hydrogen-bond donors (Lipinski definition) is 2. The first-order chi connectivity index (χ1) is 7.33. The number of H-pyrrole nitrogens is 1. The highest BCUT2D eigenvalue weighted by Crippen LogP contribution is 2.31. The molecule has 2 N–H and O–H groups in total. The Kier molecular flexibility index (Phi) is 3.35. The third-order valence-electron chi connectivity index (χ3n) is 2.02. The summed E-state index contributed by atoms with van der Waals surface area (Å²) in [5, 5.41) is 12.8. The zero-order valence-electron chi connectivity index (χ0n) is 8.20. The van der Waals surface area contributed by atoms with E-state index >= 15 is 0 Å². The number of hydrogen-bond acceptors (Lipinski definition) is 4. The molecule has 0 saturated heterocycles. The highest BCUT2D eigenvalue weighted by molar-refractivity contribution is 7.10. The molecule has 1 atom stereocenters. The van der Waals surface area contributed by atoms with Gasteiger partial charge in [0.1, 0.15) is 18.2 Å². The van der Waals surface area contributed by atoms with Crippen molar-refractivity contribution in [3.05, 3.63) is 33.5 Å². The lowest BCUT2D eigenvalue weighted by Gasteiger charge is -2.13. The minimum Gasteiger partial charge on any atom is -0.303 e. The molecule has 0 aliphatic rings. The van der Waals surface area contributed by atoms with Crippen molar-refractivity contribution in [3.8, 4) is 0 Å². The minimum absolute atomic E-state index is 0.00463. The molecule has 0 radical (unpaired) electrons. The number of aromatic nitrogens is 3. The van der Waals surface area contributed by atoms with Gasteiger partial charge in [0.25, 0.3) is 0 Å². The molecule has 0 bridgehead atoms. The largest absolute Gasteiger partial charge is 0.303 e. The average Bonchev–Trinajstić information content (AvgIpc) is 2.85. The minimum atomic E-state index is 0.00463. The van der Waals surface area contributed by atoms with Crippen LogP contribution in [0.5, 0.6) is 0 Å². The molecule has 0 aliphatic heterocycles. The van der Waals surface area contributed by atoms with Crippen molar-refractivity contribution in [1.82, 2.24) is 20.5 Å². The van der Waals surface area contributed by atoms with Crippen LogP contribution < -0.4 is 5.32 Å². The van der Waals surface area contributed by atoms with Gasteiger partial charge in [0.2, 0.25) is 0 Å². The maximum Gasteiger partial charge on any atom is 0.146 e. The average molecular weight is 243 g/mol. The van der Waals surface area contributed by atoms with E-state index in [0.29, 0.717) is 0 Å². The fourth-order valence-corrected chi connectivity index (χ4v) is 2.63. The first kappa shape index (κ1) is 10.6. The Bertz CT molecular complexity index is 411. The van der Waals surface area contributed by atoms with E-state index in [2.05, 4.69) is 20.5 Å². The van der Waals surface area contributed by atoms with Gasteiger partial charge in [-0.15, -0.1) is 11.3 Å². The Morgan fingerprint density at radius 3 is 3.07 bits per heavy atom. The van der Waals surface area contributed by atoms with Gasteiger partial charge in [-0.2, -0.15) is 5.10 Å². The molecule has 2 heterocycles. The van der Waals surface area contributed by atoms with Gasteiger partial charge in [0.05, 0.1) is 5.02 Å². The Hall–Kier alpha value is -0.910. The number of nitrogens with zero attached hydrogens (tertiary/aromatic N) is 2. The SMILES string of the molecule is CCNC(c1ncn[nH]1)c1sccc1Cl. The second kappa shape index (κ2) is 4.74. The molecular formula is C9H11ClN4S. The van der Waals surface area contributed by atoms with E-state index in [-0.39, 0.29) is 6.04 Å². The van der Waals surface area contributed by atoms with Crippen LogP contribution in [-0.4, -0.2) is 21.7 Å². The molecule has 4 nitrogen and oxygen atoms in total. The fraction of sp³-hybridized carbons (Fsp3) is 0.333. The first-order valence-electron chi connectivity index (χ1n) is 4.64. The summed E-state index contributed by atoms with van der Waals surface area (Å²) in [5.74, 6) is 0.793. The standard InChI is InChI=1S/C9H11ClN4S/c1-2-11-7(9-12-5-13-14-9)8-6(10)3-4-15-8/h3-5,7,11H,2H2,1H3,(H,12,13,14). The monoisotopic (exact) mass is 242 g/mol. The number of thiophene rings is 1. The van der Waals surface area contributed by atoms with Crippen molar-refractivity contribution in [2.24, 2.45) is 0 Å². The van der Waals surface area contributed by atoms with Crippen molar-refractivity contribution < 1.29 is 0 Å². The lowest BCUT2D eigenvalue weighted by Crippen LogP contribution is -2.22. The van der Waals surface area contributed by atoms with Crippen molar-refractivity contribution in [3.63, 3.8) is 0 Å². The van der Waals surface area contributed by atoms with E-state index in [0.717, 1.165) is 22.3 Å². The second-order valence-corrected chi connectivity index (χ2v) is 4.35. The van der Waals surface area contributed by atoms with Crippen LogP contribution in [0.15, 0.2) is 17.8 Å². The summed E-state index contributed by atoms with van der Waals surface area (Å²) in [6, 6.07) is 1.90. The Morgan fingerprint density at radius 1 is 1.67 bits per heavy atom. The summed E-state index contributed by atoms with van der Waals surface area (Å²) in [6.45, 7) is 2.89. The van der Waals surface area contributed by atoms with Crippen LogP contribution in [-0.2, 0) is 0 Å². The molecule has 2 aromatic rings. The molecule has 80 valence electrons. The molecule has 6 heteroatoms. The maximum absolute atomic E-state index is 6.10. The number of rotatable bonds is 4. The van der Waals surface area contributed by atoms with Crippen LogP contribution in [0, 0.1) is 0 Å². The van der Waals surface area contributed by atoms with E-state index in [1.807, 2.05) is 18.4 Å². The van der Waals surface area contributed by atoms with E-state index < -0.39 is 0 Å². The van der Waals surface area contributed by atoms with Gasteiger partial charge in [-0.25, -0.2) is 4.98 Å². The molecule has 2 aromatic heterocycles. The van der Waals surface area contributed by atoms with Crippen LogP contribution in [0.4, 0.5) is 0 Å². The fourth-order valence-electron chi connectivity index (χ4n) is 1.38. The number of nitrogens with one attached hydrogen (secondary N) is 2. The molecule has 0 aromatic carbocycles. The third kappa shape index (κ3) is 2.19. The van der Waals surface area contributed by atoms with Gasteiger partial charge in [-0.05, 0) is 18.0 Å². The van der Waals surface area contributed by atoms with E-state index in [1.165, 1.54) is 6.33 Å². The van der Waals surface area contributed by atoms with Gasteiger partial charge >= 0.3 is 0 Å². The summed E-state index contributed by atoms with van der Waals surface area (Å²) in [7, 11) is 0. The quantitative estimate of drug-likeness (QED) is 0.865. The summed E-state index contributed by atoms with van der Waals surface area (Å²) in [6.07, 6.45) is 1.50. The van der Waals surface area contributed by atoms with E-state index in [9.17, 15) is 0 Å². The molecule has 0 fully saturated rings. The zero-order valence-corrected chi connectivity index (χ0v) is 9.77. The van der Waals surface area contributed by atoms with Gasteiger partial charge in [-0.1, -0.05) is 18.5 Å². The number of aromatic amines is 1. The van der Waals surface area contributed by atoms with E-state index in [1.54, 1.807) is 11.3 Å². The molecule has 2 rings (SSSR count). The van der Waals surface area contributed by atoms with Crippen LogP contribution in [0.25, 0.3) is 0 Å². The van der Waals surface area contributed by atoms with Crippen molar-refractivity contribution >= 4 is 22.9 Å². The molecule has 15 heavy (non-hydrogen) atoms. The molecule has 0 aliphatic carbocycles.